The predicted octanol–water partition coefficient (Wildman–Crippen LogP) is 4.82. The van der Waals surface area contributed by atoms with Crippen molar-refractivity contribution in [2.24, 2.45) is 0 Å². The number of thiophene rings is 1. The summed E-state index contributed by atoms with van der Waals surface area (Å²) in [7, 11) is 8.22. The molecule has 0 N–H and O–H groups in total. The number of carbonyl (C=O) groups is 1. The third-order valence-electron chi connectivity index (χ3n) is 5.78. The van der Waals surface area contributed by atoms with Gasteiger partial charge in [0.25, 0.3) is 5.91 Å². The minimum atomic E-state index is -0.0173. The maximum Gasteiger partial charge on any atom is 0.263 e. The standard InChI is InChI=1S/C25H27NO5S/c1-26(14-17-8-11-20(29-3)23(31-5)22(17)30-4)25(27)21-13-16-7-6-15-12-18(28-2)9-10-19(15)24(16)32-21/h8-13H,6-7,14H2,1-5H3. The average molecular weight is 454 g/mol. The summed E-state index contributed by atoms with van der Waals surface area (Å²) in [4.78, 5) is 16.9. The molecule has 1 aliphatic rings. The lowest BCUT2D eigenvalue weighted by molar-refractivity contribution is 0.0788. The van der Waals surface area contributed by atoms with Crippen molar-refractivity contribution in [3.63, 3.8) is 0 Å². The number of rotatable bonds is 7. The Kier molecular flexibility index (Phi) is 6.28. The SMILES string of the molecule is COc1ccc2c(c1)CCc1cc(C(=O)N(C)Cc3ccc(OC)c(OC)c3OC)sc1-2. The zero-order valence-corrected chi connectivity index (χ0v) is 19.8. The molecule has 0 bridgehead atoms. The summed E-state index contributed by atoms with van der Waals surface area (Å²) in [5, 5.41) is 0. The molecule has 0 atom stereocenters. The van der Waals surface area contributed by atoms with Crippen molar-refractivity contribution in [2.75, 3.05) is 35.5 Å². The zero-order valence-electron chi connectivity index (χ0n) is 19.0. The van der Waals surface area contributed by atoms with Gasteiger partial charge in [-0.2, -0.15) is 0 Å². The number of carbonyl (C=O) groups excluding carboxylic acids is 1. The van der Waals surface area contributed by atoms with Crippen molar-refractivity contribution in [2.45, 2.75) is 19.4 Å². The minimum absolute atomic E-state index is 0.0173. The molecule has 7 heteroatoms. The Morgan fingerprint density at radius 2 is 1.66 bits per heavy atom. The molecule has 3 aromatic rings. The first-order valence-corrected chi connectivity index (χ1v) is 11.2. The van der Waals surface area contributed by atoms with Gasteiger partial charge in [-0.05, 0) is 65.9 Å². The number of methoxy groups -OCH3 is 4. The van der Waals surface area contributed by atoms with E-state index in [9.17, 15) is 4.79 Å². The van der Waals surface area contributed by atoms with Crippen LogP contribution in [-0.4, -0.2) is 46.3 Å². The number of benzene rings is 2. The molecule has 168 valence electrons. The maximum atomic E-state index is 13.3. The van der Waals surface area contributed by atoms with Gasteiger partial charge >= 0.3 is 0 Å². The van der Waals surface area contributed by atoms with E-state index >= 15 is 0 Å². The van der Waals surface area contributed by atoms with E-state index in [4.69, 9.17) is 18.9 Å². The second-order valence-electron chi connectivity index (χ2n) is 7.64. The van der Waals surface area contributed by atoms with Crippen molar-refractivity contribution in [1.82, 2.24) is 4.90 Å². The summed E-state index contributed by atoms with van der Waals surface area (Å²) >= 11 is 1.55. The fourth-order valence-electron chi connectivity index (χ4n) is 4.15. The molecule has 32 heavy (non-hydrogen) atoms. The van der Waals surface area contributed by atoms with Crippen LogP contribution in [0.1, 0.15) is 26.4 Å². The Bertz CT molecular complexity index is 1150. The van der Waals surface area contributed by atoms with E-state index < -0.39 is 0 Å². The van der Waals surface area contributed by atoms with Gasteiger partial charge < -0.3 is 23.8 Å². The zero-order chi connectivity index (χ0) is 22.8. The Morgan fingerprint density at radius 1 is 0.906 bits per heavy atom. The van der Waals surface area contributed by atoms with E-state index in [1.54, 1.807) is 51.7 Å². The summed E-state index contributed by atoms with van der Waals surface area (Å²) in [6.45, 7) is 0.388. The topological polar surface area (TPSA) is 57.2 Å². The number of ether oxygens (including phenoxy) is 4. The molecule has 6 nitrogen and oxygen atoms in total. The van der Waals surface area contributed by atoms with E-state index in [1.807, 2.05) is 24.3 Å². The van der Waals surface area contributed by atoms with Crippen LogP contribution in [0.3, 0.4) is 0 Å². The van der Waals surface area contributed by atoms with E-state index in [1.165, 1.54) is 21.6 Å². The van der Waals surface area contributed by atoms with Crippen LogP contribution in [0.25, 0.3) is 10.4 Å². The van der Waals surface area contributed by atoms with Crippen LogP contribution in [-0.2, 0) is 19.4 Å². The van der Waals surface area contributed by atoms with Crippen LogP contribution in [0.2, 0.25) is 0 Å². The highest BCUT2D eigenvalue weighted by atomic mass is 32.1. The van der Waals surface area contributed by atoms with Crippen LogP contribution in [0.4, 0.5) is 0 Å². The highest BCUT2D eigenvalue weighted by Gasteiger charge is 2.25. The second kappa shape index (κ2) is 9.12. The molecule has 1 aliphatic carbocycles. The van der Waals surface area contributed by atoms with Gasteiger partial charge in [-0.25, -0.2) is 0 Å². The molecule has 0 spiro atoms. The van der Waals surface area contributed by atoms with E-state index in [-0.39, 0.29) is 5.91 Å². The summed E-state index contributed by atoms with van der Waals surface area (Å²) < 4.78 is 21.8. The normalized spacial score (nSPS) is 11.9. The van der Waals surface area contributed by atoms with Gasteiger partial charge in [0.1, 0.15) is 5.75 Å². The number of hydrogen-bond donors (Lipinski definition) is 0. The van der Waals surface area contributed by atoms with Crippen molar-refractivity contribution >= 4 is 17.2 Å². The van der Waals surface area contributed by atoms with Crippen molar-refractivity contribution in [1.29, 1.82) is 0 Å². The fraction of sp³-hybridized carbons (Fsp3) is 0.320. The Morgan fingerprint density at radius 3 is 2.34 bits per heavy atom. The average Bonchev–Trinajstić information content (AvgIpc) is 3.27. The summed E-state index contributed by atoms with van der Waals surface area (Å²) in [6.07, 6.45) is 1.87. The van der Waals surface area contributed by atoms with Crippen molar-refractivity contribution in [3.8, 4) is 33.4 Å². The molecular formula is C25H27NO5S. The van der Waals surface area contributed by atoms with Crippen LogP contribution in [0.15, 0.2) is 36.4 Å². The summed E-state index contributed by atoms with van der Waals surface area (Å²) in [6, 6.07) is 11.9. The lowest BCUT2D eigenvalue weighted by atomic mass is 9.91. The minimum Gasteiger partial charge on any atom is -0.497 e. The molecule has 4 rings (SSSR count). The van der Waals surface area contributed by atoms with Crippen LogP contribution in [0.5, 0.6) is 23.0 Å². The molecule has 0 unspecified atom stereocenters. The smallest absolute Gasteiger partial charge is 0.263 e. The fourth-order valence-corrected chi connectivity index (χ4v) is 5.41. The molecule has 0 aliphatic heterocycles. The van der Waals surface area contributed by atoms with Crippen molar-refractivity contribution in [3.05, 3.63) is 58.0 Å². The lowest BCUT2D eigenvalue weighted by Gasteiger charge is -2.20. The number of hydrogen-bond acceptors (Lipinski definition) is 6. The molecule has 1 heterocycles. The quantitative estimate of drug-likeness (QED) is 0.513. The molecular weight excluding hydrogens is 426 g/mol. The van der Waals surface area contributed by atoms with Gasteiger partial charge in [0.2, 0.25) is 5.75 Å². The van der Waals surface area contributed by atoms with Crippen molar-refractivity contribution < 1.29 is 23.7 Å². The van der Waals surface area contributed by atoms with Gasteiger partial charge in [0.15, 0.2) is 11.5 Å². The first kappa shape index (κ1) is 22.0. The number of nitrogens with zero attached hydrogens (tertiary/aromatic N) is 1. The summed E-state index contributed by atoms with van der Waals surface area (Å²) in [5.74, 6) is 2.52. The Balaban J connectivity index is 1.59. The van der Waals surface area contributed by atoms with Gasteiger partial charge in [0.05, 0.1) is 33.3 Å². The monoisotopic (exact) mass is 453 g/mol. The molecule has 1 aromatic heterocycles. The van der Waals surface area contributed by atoms with Crippen LogP contribution >= 0.6 is 11.3 Å². The molecule has 0 saturated carbocycles. The highest BCUT2D eigenvalue weighted by molar-refractivity contribution is 7.17. The van der Waals surface area contributed by atoms with Gasteiger partial charge in [0, 0.05) is 24.0 Å². The molecule has 2 aromatic carbocycles. The molecule has 0 radical (unpaired) electrons. The predicted molar refractivity (Wildman–Crippen MR) is 126 cm³/mol. The van der Waals surface area contributed by atoms with Crippen LogP contribution < -0.4 is 18.9 Å². The van der Waals surface area contributed by atoms with Gasteiger partial charge in [-0.15, -0.1) is 11.3 Å². The van der Waals surface area contributed by atoms with E-state index in [0.29, 0.717) is 23.8 Å². The summed E-state index contributed by atoms with van der Waals surface area (Å²) in [5.41, 5.74) is 4.54. The first-order valence-electron chi connectivity index (χ1n) is 10.3. The second-order valence-corrected chi connectivity index (χ2v) is 8.69. The Labute approximate surface area is 192 Å². The number of fused-ring (bicyclic) bond motifs is 3. The van der Waals surface area contributed by atoms with E-state index in [2.05, 4.69) is 12.1 Å². The number of amides is 1. The first-order chi connectivity index (χ1) is 15.5. The largest absolute Gasteiger partial charge is 0.497 e. The van der Waals surface area contributed by atoms with E-state index in [0.717, 1.165) is 29.0 Å². The van der Waals surface area contributed by atoms with Gasteiger partial charge in [-0.1, -0.05) is 0 Å². The molecule has 1 amide bonds. The Hall–Kier alpha value is -3.19. The maximum absolute atomic E-state index is 13.3. The van der Waals surface area contributed by atoms with Gasteiger partial charge in [-0.3, -0.25) is 4.79 Å². The lowest BCUT2D eigenvalue weighted by Crippen LogP contribution is -2.25. The van der Waals surface area contributed by atoms with Crippen LogP contribution in [0, 0.1) is 0 Å². The third kappa shape index (κ3) is 3.88. The number of aryl methyl sites for hydroxylation is 2. The highest BCUT2D eigenvalue weighted by Crippen LogP contribution is 2.42. The third-order valence-corrected chi connectivity index (χ3v) is 6.98. The molecule has 0 fully saturated rings. The molecule has 0 saturated heterocycles.